The van der Waals surface area contributed by atoms with Gasteiger partial charge in [-0.05, 0) is 32.6 Å². The summed E-state index contributed by atoms with van der Waals surface area (Å²) in [5.41, 5.74) is 0.833. The van der Waals surface area contributed by atoms with Gasteiger partial charge >= 0.3 is 0 Å². The highest BCUT2D eigenvalue weighted by atomic mass is 15.4. The van der Waals surface area contributed by atoms with E-state index in [4.69, 9.17) is 4.98 Å². The molecule has 5 heterocycles. The largest absolute Gasteiger partial charge is 0.342 e. The molecular formula is C17H20N8. The third-order valence-electron chi connectivity index (χ3n) is 5.53. The minimum absolute atomic E-state index is 0.132. The van der Waals surface area contributed by atoms with Gasteiger partial charge in [0.1, 0.15) is 23.4 Å². The molecule has 0 aliphatic carbocycles. The monoisotopic (exact) mass is 336 g/mol. The molecule has 1 saturated heterocycles. The van der Waals surface area contributed by atoms with E-state index in [0.717, 1.165) is 42.5 Å². The molecule has 0 saturated carbocycles. The SMILES string of the molecule is CCC12CCCCN1c1nc(-n3ccnc3)ncc1-n1c(C)nnc12. The average Bonchev–Trinajstić information content (AvgIpc) is 3.32. The van der Waals surface area contributed by atoms with Gasteiger partial charge in [0, 0.05) is 18.9 Å². The van der Waals surface area contributed by atoms with E-state index in [1.54, 1.807) is 12.5 Å². The second-order valence-electron chi connectivity index (χ2n) is 6.75. The maximum Gasteiger partial charge on any atom is 0.236 e. The third kappa shape index (κ3) is 1.85. The molecule has 0 spiro atoms. The first kappa shape index (κ1) is 14.6. The zero-order valence-corrected chi connectivity index (χ0v) is 14.4. The number of nitrogens with zero attached hydrogens (tertiary/aromatic N) is 8. The van der Waals surface area contributed by atoms with Crippen LogP contribution in [-0.4, -0.2) is 40.8 Å². The third-order valence-corrected chi connectivity index (χ3v) is 5.53. The van der Waals surface area contributed by atoms with Gasteiger partial charge in [-0.1, -0.05) is 6.92 Å². The average molecular weight is 336 g/mol. The van der Waals surface area contributed by atoms with E-state index in [2.05, 4.69) is 36.6 Å². The van der Waals surface area contributed by atoms with Gasteiger partial charge in [0.25, 0.3) is 0 Å². The highest BCUT2D eigenvalue weighted by molar-refractivity contribution is 5.64. The summed E-state index contributed by atoms with van der Waals surface area (Å²) >= 11 is 0. The first-order chi connectivity index (χ1) is 12.2. The van der Waals surface area contributed by atoms with Crippen LogP contribution in [0.1, 0.15) is 44.3 Å². The Kier molecular flexibility index (Phi) is 2.98. The molecule has 0 N–H and O–H groups in total. The lowest BCUT2D eigenvalue weighted by atomic mass is 9.82. The first-order valence-corrected chi connectivity index (χ1v) is 8.80. The van der Waals surface area contributed by atoms with E-state index in [-0.39, 0.29) is 5.54 Å². The maximum atomic E-state index is 4.91. The lowest BCUT2D eigenvalue weighted by Crippen LogP contribution is -2.54. The van der Waals surface area contributed by atoms with Gasteiger partial charge in [0.2, 0.25) is 5.95 Å². The van der Waals surface area contributed by atoms with Crippen LogP contribution in [0.2, 0.25) is 0 Å². The van der Waals surface area contributed by atoms with Crippen LogP contribution in [-0.2, 0) is 5.54 Å². The smallest absolute Gasteiger partial charge is 0.236 e. The molecular weight excluding hydrogens is 316 g/mol. The molecule has 2 aliphatic heterocycles. The molecule has 1 unspecified atom stereocenters. The second-order valence-corrected chi connectivity index (χ2v) is 6.75. The van der Waals surface area contributed by atoms with Gasteiger partial charge in [0.05, 0.1) is 6.20 Å². The lowest BCUT2D eigenvalue weighted by Gasteiger charge is -2.49. The van der Waals surface area contributed by atoms with Gasteiger partial charge in [-0.2, -0.15) is 4.98 Å². The van der Waals surface area contributed by atoms with Gasteiger partial charge in [-0.15, -0.1) is 10.2 Å². The van der Waals surface area contributed by atoms with Crippen LogP contribution in [0.5, 0.6) is 0 Å². The number of piperidine rings is 1. The van der Waals surface area contributed by atoms with Crippen LogP contribution < -0.4 is 4.90 Å². The molecule has 0 bridgehead atoms. The molecule has 2 aliphatic rings. The van der Waals surface area contributed by atoms with Gasteiger partial charge < -0.3 is 4.90 Å². The molecule has 8 heteroatoms. The van der Waals surface area contributed by atoms with Crippen molar-refractivity contribution in [3.05, 3.63) is 36.6 Å². The molecule has 128 valence electrons. The van der Waals surface area contributed by atoms with E-state index in [1.807, 2.05) is 23.9 Å². The fourth-order valence-corrected chi connectivity index (χ4v) is 4.27. The number of anilines is 1. The number of hydrogen-bond donors (Lipinski definition) is 0. The highest BCUT2D eigenvalue weighted by Gasteiger charge is 2.48. The Hall–Kier alpha value is -2.77. The standard InChI is InChI=1S/C17H20N8/c1-3-17-6-4-5-8-24(17)14-13(25-12(2)21-22-15(17)25)10-19-16(20-14)23-9-7-18-11-23/h7,9-11H,3-6,8H2,1-2H3. The van der Waals surface area contributed by atoms with Crippen LogP contribution in [0, 0.1) is 6.92 Å². The van der Waals surface area contributed by atoms with Crippen LogP contribution in [0.4, 0.5) is 5.82 Å². The molecule has 0 radical (unpaired) electrons. The molecule has 25 heavy (non-hydrogen) atoms. The van der Waals surface area contributed by atoms with Crippen LogP contribution in [0.3, 0.4) is 0 Å². The summed E-state index contributed by atoms with van der Waals surface area (Å²) in [5.74, 6) is 3.52. The van der Waals surface area contributed by atoms with Crippen molar-refractivity contribution in [2.75, 3.05) is 11.4 Å². The maximum absolute atomic E-state index is 4.91. The van der Waals surface area contributed by atoms with E-state index in [9.17, 15) is 0 Å². The Bertz CT molecular complexity index is 928. The molecule has 3 aromatic heterocycles. The summed E-state index contributed by atoms with van der Waals surface area (Å²) in [5, 5.41) is 8.92. The fourth-order valence-electron chi connectivity index (χ4n) is 4.27. The Balaban J connectivity index is 1.78. The van der Waals surface area contributed by atoms with Gasteiger partial charge in [-0.3, -0.25) is 9.13 Å². The summed E-state index contributed by atoms with van der Waals surface area (Å²) in [4.78, 5) is 16.0. The summed E-state index contributed by atoms with van der Waals surface area (Å²) < 4.78 is 3.98. The van der Waals surface area contributed by atoms with E-state index >= 15 is 0 Å². The predicted octanol–water partition coefficient (Wildman–Crippen LogP) is 2.16. The van der Waals surface area contributed by atoms with Crippen LogP contribution >= 0.6 is 0 Å². The quantitative estimate of drug-likeness (QED) is 0.714. The summed E-state index contributed by atoms with van der Waals surface area (Å²) in [6.07, 6.45) is 11.6. The van der Waals surface area contributed by atoms with E-state index in [0.29, 0.717) is 5.95 Å². The normalized spacial score (nSPS) is 21.6. The van der Waals surface area contributed by atoms with Crippen molar-refractivity contribution in [1.29, 1.82) is 0 Å². The number of imidazole rings is 1. The number of rotatable bonds is 2. The van der Waals surface area contributed by atoms with Crippen molar-refractivity contribution in [3.63, 3.8) is 0 Å². The molecule has 1 fully saturated rings. The Morgan fingerprint density at radius 3 is 2.96 bits per heavy atom. The van der Waals surface area contributed by atoms with Crippen molar-refractivity contribution in [2.45, 2.75) is 45.1 Å². The van der Waals surface area contributed by atoms with Crippen molar-refractivity contribution >= 4 is 5.82 Å². The zero-order valence-electron chi connectivity index (χ0n) is 14.4. The number of hydrogen-bond acceptors (Lipinski definition) is 6. The van der Waals surface area contributed by atoms with Crippen LogP contribution in [0.25, 0.3) is 11.6 Å². The van der Waals surface area contributed by atoms with E-state index < -0.39 is 0 Å². The summed E-state index contributed by atoms with van der Waals surface area (Å²) in [7, 11) is 0. The molecule has 8 nitrogen and oxygen atoms in total. The topological polar surface area (TPSA) is 77.5 Å². The van der Waals surface area contributed by atoms with Crippen molar-refractivity contribution < 1.29 is 0 Å². The summed E-state index contributed by atoms with van der Waals surface area (Å²) in [6, 6.07) is 0. The van der Waals surface area contributed by atoms with Crippen LogP contribution in [0.15, 0.2) is 24.9 Å². The molecule has 0 amide bonds. The van der Waals surface area contributed by atoms with Crippen molar-refractivity contribution in [1.82, 2.24) is 34.3 Å². The number of fused-ring (bicyclic) bond motifs is 6. The molecule has 1 atom stereocenters. The zero-order chi connectivity index (χ0) is 17.0. The highest BCUT2D eigenvalue weighted by Crippen LogP contribution is 2.47. The minimum atomic E-state index is -0.132. The van der Waals surface area contributed by atoms with E-state index in [1.165, 1.54) is 12.8 Å². The van der Waals surface area contributed by atoms with Crippen molar-refractivity contribution in [3.8, 4) is 11.6 Å². The number of aryl methyl sites for hydroxylation is 1. The molecule has 0 aromatic carbocycles. The Labute approximate surface area is 145 Å². The molecule has 5 rings (SSSR count). The predicted molar refractivity (Wildman–Crippen MR) is 92.0 cm³/mol. The van der Waals surface area contributed by atoms with Crippen molar-refractivity contribution in [2.24, 2.45) is 0 Å². The summed E-state index contributed by atoms with van der Waals surface area (Å²) in [6.45, 7) is 5.20. The minimum Gasteiger partial charge on any atom is -0.342 e. The lowest BCUT2D eigenvalue weighted by molar-refractivity contribution is 0.274. The van der Waals surface area contributed by atoms with Gasteiger partial charge in [-0.25, -0.2) is 9.97 Å². The first-order valence-electron chi connectivity index (χ1n) is 8.80. The van der Waals surface area contributed by atoms with Gasteiger partial charge in [0.15, 0.2) is 11.6 Å². The Morgan fingerprint density at radius 2 is 2.16 bits per heavy atom. The number of aromatic nitrogens is 7. The fraction of sp³-hybridized carbons (Fsp3) is 0.471. The molecule has 3 aromatic rings. The Morgan fingerprint density at radius 1 is 1.24 bits per heavy atom. The second kappa shape index (κ2) is 5.11.